The molecule has 0 aliphatic heterocycles. The van der Waals surface area contributed by atoms with Crippen LogP contribution in [0.1, 0.15) is 20.3 Å². The summed E-state index contributed by atoms with van der Waals surface area (Å²) < 4.78 is 37.2. The second kappa shape index (κ2) is 4.03. The summed E-state index contributed by atoms with van der Waals surface area (Å²) in [5.74, 6) is -0.0634. The lowest BCUT2D eigenvalue weighted by molar-refractivity contribution is -0.0886. The predicted molar refractivity (Wildman–Crippen MR) is 50.8 cm³/mol. The van der Waals surface area contributed by atoms with Gasteiger partial charge in [0.05, 0.1) is 5.57 Å². The molecule has 0 aromatic carbocycles. The lowest BCUT2D eigenvalue weighted by atomic mass is 9.99. The van der Waals surface area contributed by atoms with Crippen LogP contribution in [0.3, 0.4) is 0 Å². The van der Waals surface area contributed by atoms with Crippen LogP contribution < -0.4 is 0 Å². The lowest BCUT2D eigenvalue weighted by Gasteiger charge is -2.13. The first-order valence-electron chi connectivity index (χ1n) is 4.53. The molecule has 1 aliphatic carbocycles. The maximum atomic E-state index is 12.4. The molecule has 3 heteroatoms. The molecular formula is C11H13F3. The molecule has 0 nitrogen and oxygen atoms in total. The summed E-state index contributed by atoms with van der Waals surface area (Å²) in [6, 6.07) is 0. The minimum absolute atomic E-state index is 0.0634. The average Bonchev–Trinajstić information content (AvgIpc) is 2.03. The Hall–Kier alpha value is -0.990. The summed E-state index contributed by atoms with van der Waals surface area (Å²) in [5.41, 5.74) is 0.337. The smallest absolute Gasteiger partial charge is 0.166 e. The molecule has 0 saturated heterocycles. The van der Waals surface area contributed by atoms with Gasteiger partial charge in [-0.3, -0.25) is 0 Å². The molecule has 0 fully saturated rings. The van der Waals surface area contributed by atoms with Crippen molar-refractivity contribution < 1.29 is 13.2 Å². The summed E-state index contributed by atoms with van der Waals surface area (Å²) >= 11 is 0. The number of alkyl halides is 3. The van der Waals surface area contributed by atoms with E-state index in [1.165, 1.54) is 12.2 Å². The third kappa shape index (κ3) is 3.05. The van der Waals surface area contributed by atoms with Crippen LogP contribution >= 0.6 is 0 Å². The van der Waals surface area contributed by atoms with Crippen LogP contribution in [0.25, 0.3) is 0 Å². The molecule has 1 rings (SSSR count). The van der Waals surface area contributed by atoms with Crippen molar-refractivity contribution in [2.24, 2.45) is 5.92 Å². The van der Waals surface area contributed by atoms with Crippen LogP contribution in [-0.4, -0.2) is 6.18 Å². The first-order valence-corrected chi connectivity index (χ1v) is 4.53. The van der Waals surface area contributed by atoms with Gasteiger partial charge in [0.2, 0.25) is 0 Å². The Labute approximate surface area is 81.8 Å². The summed E-state index contributed by atoms with van der Waals surface area (Å²) in [4.78, 5) is 0. The zero-order valence-corrected chi connectivity index (χ0v) is 8.23. The van der Waals surface area contributed by atoms with Gasteiger partial charge in [-0.1, -0.05) is 36.8 Å². The highest BCUT2D eigenvalue weighted by Gasteiger charge is 2.32. The molecule has 0 amide bonds. The van der Waals surface area contributed by atoms with Gasteiger partial charge in [-0.15, -0.1) is 0 Å². The molecule has 0 N–H and O–H groups in total. The number of halogens is 3. The first-order chi connectivity index (χ1) is 6.39. The van der Waals surface area contributed by atoms with Crippen LogP contribution in [0.15, 0.2) is 35.5 Å². The van der Waals surface area contributed by atoms with Gasteiger partial charge in [-0.25, -0.2) is 0 Å². The Morgan fingerprint density at radius 2 is 1.93 bits per heavy atom. The van der Waals surface area contributed by atoms with Crippen LogP contribution in [0, 0.1) is 5.92 Å². The van der Waals surface area contributed by atoms with Crippen LogP contribution in [-0.2, 0) is 0 Å². The zero-order valence-electron chi connectivity index (χ0n) is 8.23. The standard InChI is InChI=1S/C11H13F3/c1-8-3-4-9(2)7-10(6-5-8)11(12,13)14/h3,5-7,9H,4H2,1-2H3/b6-5-,8-3+,10-7+. The summed E-state index contributed by atoms with van der Waals surface area (Å²) in [7, 11) is 0. The normalized spacial score (nSPS) is 33.4. The number of hydrogen-bond acceptors (Lipinski definition) is 0. The van der Waals surface area contributed by atoms with E-state index >= 15 is 0 Å². The highest BCUT2D eigenvalue weighted by Crippen LogP contribution is 2.29. The minimum atomic E-state index is -4.23. The Bertz CT molecular complexity index is 292. The molecular weight excluding hydrogens is 189 g/mol. The molecule has 0 radical (unpaired) electrons. The zero-order chi connectivity index (χ0) is 10.8. The number of hydrogen-bond donors (Lipinski definition) is 0. The molecule has 1 atom stereocenters. The predicted octanol–water partition coefficient (Wildman–Crippen LogP) is 4.02. The Morgan fingerprint density at radius 3 is 2.50 bits per heavy atom. The molecule has 0 spiro atoms. The van der Waals surface area contributed by atoms with Crippen molar-refractivity contribution in [3.8, 4) is 0 Å². The van der Waals surface area contributed by atoms with E-state index in [1.807, 2.05) is 13.0 Å². The molecule has 78 valence electrons. The summed E-state index contributed by atoms with van der Waals surface area (Å²) in [6.07, 6.45) is 2.30. The van der Waals surface area contributed by atoms with Crippen molar-refractivity contribution >= 4 is 0 Å². The Morgan fingerprint density at radius 1 is 1.29 bits per heavy atom. The monoisotopic (exact) mass is 202 g/mol. The van der Waals surface area contributed by atoms with E-state index in [0.29, 0.717) is 6.42 Å². The summed E-state index contributed by atoms with van der Waals surface area (Å²) in [6.45, 7) is 3.59. The second-order valence-electron chi connectivity index (χ2n) is 3.61. The van der Waals surface area contributed by atoms with Crippen molar-refractivity contribution in [3.05, 3.63) is 35.5 Å². The lowest BCUT2D eigenvalue weighted by Crippen LogP contribution is -2.12. The molecule has 0 saturated carbocycles. The van der Waals surface area contributed by atoms with E-state index in [0.717, 1.165) is 11.6 Å². The van der Waals surface area contributed by atoms with Crippen LogP contribution in [0.5, 0.6) is 0 Å². The number of allylic oxidation sites excluding steroid dienone is 6. The van der Waals surface area contributed by atoms with Crippen molar-refractivity contribution in [2.45, 2.75) is 26.4 Å². The van der Waals surface area contributed by atoms with Gasteiger partial charge in [-0.2, -0.15) is 13.2 Å². The topological polar surface area (TPSA) is 0 Å². The van der Waals surface area contributed by atoms with E-state index in [-0.39, 0.29) is 5.92 Å². The average molecular weight is 202 g/mol. The maximum Gasteiger partial charge on any atom is 0.416 e. The highest BCUT2D eigenvalue weighted by molar-refractivity contribution is 5.32. The fraction of sp³-hybridized carbons (Fsp3) is 0.455. The molecule has 0 bridgehead atoms. The quantitative estimate of drug-likeness (QED) is 0.556. The van der Waals surface area contributed by atoms with Crippen molar-refractivity contribution in [1.82, 2.24) is 0 Å². The van der Waals surface area contributed by atoms with E-state index in [1.54, 1.807) is 6.92 Å². The van der Waals surface area contributed by atoms with E-state index < -0.39 is 11.7 Å². The number of rotatable bonds is 0. The van der Waals surface area contributed by atoms with Gasteiger partial charge < -0.3 is 0 Å². The van der Waals surface area contributed by atoms with Gasteiger partial charge in [0.1, 0.15) is 0 Å². The molecule has 1 unspecified atom stereocenters. The van der Waals surface area contributed by atoms with Crippen molar-refractivity contribution in [3.63, 3.8) is 0 Å². The fourth-order valence-corrected chi connectivity index (χ4v) is 1.28. The van der Waals surface area contributed by atoms with E-state index in [9.17, 15) is 13.2 Å². The van der Waals surface area contributed by atoms with Crippen LogP contribution in [0.4, 0.5) is 13.2 Å². The van der Waals surface area contributed by atoms with Gasteiger partial charge >= 0.3 is 6.18 Å². The first kappa shape index (κ1) is 11.1. The molecule has 0 aromatic heterocycles. The van der Waals surface area contributed by atoms with Gasteiger partial charge in [-0.05, 0) is 19.3 Å². The third-order valence-electron chi connectivity index (χ3n) is 2.13. The van der Waals surface area contributed by atoms with E-state index in [4.69, 9.17) is 0 Å². The molecule has 0 heterocycles. The Balaban J connectivity index is 3.00. The largest absolute Gasteiger partial charge is 0.416 e. The molecule has 1 aliphatic rings. The highest BCUT2D eigenvalue weighted by atomic mass is 19.4. The SMILES string of the molecule is CC1=C\CC(C)\C=C(C(F)(F)F)/C=C\1. The summed E-state index contributed by atoms with van der Waals surface area (Å²) in [5, 5.41) is 0. The van der Waals surface area contributed by atoms with Crippen molar-refractivity contribution in [2.75, 3.05) is 0 Å². The fourth-order valence-electron chi connectivity index (χ4n) is 1.28. The molecule has 0 aromatic rings. The van der Waals surface area contributed by atoms with Gasteiger partial charge in [0, 0.05) is 0 Å². The molecule has 14 heavy (non-hydrogen) atoms. The van der Waals surface area contributed by atoms with Crippen LogP contribution in [0.2, 0.25) is 0 Å². The third-order valence-corrected chi connectivity index (χ3v) is 2.13. The Kier molecular flexibility index (Phi) is 3.19. The van der Waals surface area contributed by atoms with Gasteiger partial charge in [0.15, 0.2) is 0 Å². The second-order valence-corrected chi connectivity index (χ2v) is 3.61. The van der Waals surface area contributed by atoms with Gasteiger partial charge in [0.25, 0.3) is 0 Å². The van der Waals surface area contributed by atoms with Crippen molar-refractivity contribution in [1.29, 1.82) is 0 Å². The maximum absolute atomic E-state index is 12.4. The van der Waals surface area contributed by atoms with E-state index in [2.05, 4.69) is 0 Å². The minimum Gasteiger partial charge on any atom is -0.166 e.